The fraction of sp³-hybridized carbons (Fsp3) is 0.103. The van der Waals surface area contributed by atoms with E-state index in [0.717, 1.165) is 43.7 Å². The molecule has 2 amide bonds. The van der Waals surface area contributed by atoms with Gasteiger partial charge in [0, 0.05) is 0 Å². The minimum Gasteiger partial charge on any atom is -0.488 e. The second-order valence-corrected chi connectivity index (χ2v) is 10.2. The van der Waals surface area contributed by atoms with Gasteiger partial charge in [0.15, 0.2) is 0 Å². The third kappa shape index (κ3) is 5.19. The van der Waals surface area contributed by atoms with Gasteiger partial charge in [-0.3, -0.25) is 14.5 Å². The third-order valence-electron chi connectivity index (χ3n) is 5.81. The summed E-state index contributed by atoms with van der Waals surface area (Å²) in [4.78, 5) is 27.5. The fourth-order valence-electron chi connectivity index (χ4n) is 4.08. The maximum absolute atomic E-state index is 13.1. The highest BCUT2D eigenvalue weighted by Crippen LogP contribution is 2.35. The Labute approximate surface area is 216 Å². The highest BCUT2D eigenvalue weighted by Gasteiger charge is 2.35. The summed E-state index contributed by atoms with van der Waals surface area (Å²) in [6, 6.07) is 27.8. The molecule has 0 saturated carbocycles. The molecule has 0 aliphatic carbocycles. The molecular weight excluding hydrogens is 522 g/mol. The summed E-state index contributed by atoms with van der Waals surface area (Å²) >= 11 is 4.54. The van der Waals surface area contributed by atoms with Crippen LogP contribution in [0, 0.1) is 6.92 Å². The third-order valence-corrected chi connectivity index (χ3v) is 7.34. The van der Waals surface area contributed by atoms with Gasteiger partial charge >= 0.3 is 0 Å². The number of imide groups is 1. The zero-order valence-electron chi connectivity index (χ0n) is 19.0. The first-order valence-corrected chi connectivity index (χ1v) is 12.8. The minimum atomic E-state index is -0.274. The van der Waals surface area contributed by atoms with Crippen molar-refractivity contribution in [2.45, 2.75) is 20.1 Å². The molecule has 0 unspecified atom stereocenters. The van der Waals surface area contributed by atoms with Crippen LogP contribution in [0.25, 0.3) is 16.8 Å². The van der Waals surface area contributed by atoms with Crippen molar-refractivity contribution in [2.75, 3.05) is 0 Å². The number of nitrogens with zero attached hydrogens (tertiary/aromatic N) is 1. The molecule has 1 fully saturated rings. The Morgan fingerprint density at radius 3 is 2.57 bits per heavy atom. The molecule has 174 valence electrons. The first-order chi connectivity index (χ1) is 17.0. The summed E-state index contributed by atoms with van der Waals surface area (Å²) in [5.41, 5.74) is 4.05. The van der Waals surface area contributed by atoms with Gasteiger partial charge in [-0.1, -0.05) is 78.4 Å². The standard InChI is InChI=1S/C29H22BrNO3S/c1-19-6-4-7-21(14-19)18-34-26-13-12-20(15-25(26)30)16-27-28(32)31(29(33)35-27)17-23-10-5-9-22-8-2-3-11-24(22)23/h2-16H,17-18H2,1H3/b27-16+. The van der Waals surface area contributed by atoms with E-state index in [1.165, 1.54) is 10.5 Å². The average Bonchev–Trinajstić information content (AvgIpc) is 3.11. The molecular formula is C29H22BrNO3S. The number of amides is 2. The molecule has 1 aliphatic rings. The fourth-order valence-corrected chi connectivity index (χ4v) is 5.42. The van der Waals surface area contributed by atoms with Crippen molar-refractivity contribution in [3.05, 3.63) is 117 Å². The summed E-state index contributed by atoms with van der Waals surface area (Å²) < 4.78 is 6.74. The topological polar surface area (TPSA) is 46.6 Å². The number of carbonyl (C=O) groups is 2. The van der Waals surface area contributed by atoms with Crippen LogP contribution < -0.4 is 4.74 Å². The first kappa shape index (κ1) is 23.4. The zero-order chi connectivity index (χ0) is 24.4. The van der Waals surface area contributed by atoms with Crippen LogP contribution in [0.4, 0.5) is 4.79 Å². The molecule has 35 heavy (non-hydrogen) atoms. The maximum atomic E-state index is 13.1. The van der Waals surface area contributed by atoms with Crippen molar-refractivity contribution in [3.63, 3.8) is 0 Å². The number of thioether (sulfide) groups is 1. The van der Waals surface area contributed by atoms with E-state index < -0.39 is 0 Å². The van der Waals surface area contributed by atoms with Gasteiger partial charge in [-0.25, -0.2) is 0 Å². The van der Waals surface area contributed by atoms with E-state index in [1.54, 1.807) is 6.08 Å². The molecule has 0 spiro atoms. The highest BCUT2D eigenvalue weighted by atomic mass is 79.9. The number of hydrogen-bond donors (Lipinski definition) is 0. The van der Waals surface area contributed by atoms with Crippen LogP contribution in [0.3, 0.4) is 0 Å². The lowest BCUT2D eigenvalue weighted by Crippen LogP contribution is -2.27. The molecule has 5 rings (SSSR count). The van der Waals surface area contributed by atoms with E-state index in [-0.39, 0.29) is 17.7 Å². The Bertz CT molecular complexity index is 1470. The molecule has 0 radical (unpaired) electrons. The van der Waals surface area contributed by atoms with E-state index in [1.807, 2.05) is 72.8 Å². The van der Waals surface area contributed by atoms with Gasteiger partial charge in [-0.15, -0.1) is 0 Å². The van der Waals surface area contributed by atoms with Crippen LogP contribution in [0.5, 0.6) is 5.75 Å². The second kappa shape index (κ2) is 10.1. The zero-order valence-corrected chi connectivity index (χ0v) is 21.4. The normalized spacial score (nSPS) is 14.8. The number of aryl methyl sites for hydroxylation is 1. The SMILES string of the molecule is Cc1cccc(COc2ccc(/C=C3/SC(=O)N(Cc4cccc5ccccc45)C3=O)cc2Br)c1. The van der Waals surface area contributed by atoms with Crippen molar-refractivity contribution in [1.29, 1.82) is 0 Å². The Morgan fingerprint density at radius 1 is 0.943 bits per heavy atom. The number of fused-ring (bicyclic) bond motifs is 1. The molecule has 1 saturated heterocycles. The first-order valence-electron chi connectivity index (χ1n) is 11.2. The van der Waals surface area contributed by atoms with Crippen molar-refractivity contribution in [2.24, 2.45) is 0 Å². The van der Waals surface area contributed by atoms with E-state index in [4.69, 9.17) is 4.74 Å². The van der Waals surface area contributed by atoms with Gasteiger partial charge in [0.25, 0.3) is 11.1 Å². The molecule has 4 nitrogen and oxygen atoms in total. The molecule has 0 atom stereocenters. The van der Waals surface area contributed by atoms with Crippen molar-refractivity contribution < 1.29 is 14.3 Å². The maximum Gasteiger partial charge on any atom is 0.293 e. The van der Waals surface area contributed by atoms with Gasteiger partial charge < -0.3 is 4.74 Å². The molecule has 0 bridgehead atoms. The quantitative estimate of drug-likeness (QED) is 0.233. The second-order valence-electron chi connectivity index (χ2n) is 8.37. The predicted molar refractivity (Wildman–Crippen MR) is 145 cm³/mol. The molecule has 6 heteroatoms. The lowest BCUT2D eigenvalue weighted by molar-refractivity contribution is -0.123. The molecule has 1 heterocycles. The van der Waals surface area contributed by atoms with Crippen molar-refractivity contribution in [1.82, 2.24) is 4.90 Å². The lowest BCUT2D eigenvalue weighted by Gasteiger charge is -2.14. The Hall–Kier alpha value is -3.35. The summed E-state index contributed by atoms with van der Waals surface area (Å²) in [6.07, 6.45) is 1.75. The molecule has 0 aromatic heterocycles. The van der Waals surface area contributed by atoms with Gasteiger partial charge in [-0.2, -0.15) is 0 Å². The van der Waals surface area contributed by atoms with Crippen molar-refractivity contribution in [3.8, 4) is 5.75 Å². The summed E-state index contributed by atoms with van der Waals surface area (Å²) in [6.45, 7) is 2.77. The molecule has 4 aromatic rings. The van der Waals surface area contributed by atoms with Crippen LogP contribution in [0.1, 0.15) is 22.3 Å². The van der Waals surface area contributed by atoms with Crippen LogP contribution in [0.15, 0.2) is 94.3 Å². The Balaban J connectivity index is 1.31. The average molecular weight is 544 g/mol. The van der Waals surface area contributed by atoms with Gasteiger partial charge in [0.2, 0.25) is 0 Å². The number of benzene rings is 4. The van der Waals surface area contributed by atoms with Crippen LogP contribution >= 0.6 is 27.7 Å². The van der Waals surface area contributed by atoms with Gasteiger partial charge in [0.1, 0.15) is 12.4 Å². The van der Waals surface area contributed by atoms with E-state index >= 15 is 0 Å². The van der Waals surface area contributed by atoms with Gasteiger partial charge in [-0.05, 0) is 80.3 Å². The summed E-state index contributed by atoms with van der Waals surface area (Å²) in [5.74, 6) is 0.441. The van der Waals surface area contributed by atoms with Crippen LogP contribution in [-0.2, 0) is 17.9 Å². The van der Waals surface area contributed by atoms with Crippen LogP contribution in [0.2, 0.25) is 0 Å². The monoisotopic (exact) mass is 543 g/mol. The minimum absolute atomic E-state index is 0.249. The largest absolute Gasteiger partial charge is 0.488 e. The number of rotatable bonds is 6. The molecule has 4 aromatic carbocycles. The smallest absolute Gasteiger partial charge is 0.293 e. The molecule has 1 aliphatic heterocycles. The number of ether oxygens (including phenoxy) is 1. The number of carbonyl (C=O) groups excluding carboxylic acids is 2. The van der Waals surface area contributed by atoms with E-state index in [9.17, 15) is 9.59 Å². The summed E-state index contributed by atoms with van der Waals surface area (Å²) in [5, 5.41) is 1.87. The van der Waals surface area contributed by atoms with Gasteiger partial charge in [0.05, 0.1) is 15.9 Å². The van der Waals surface area contributed by atoms with Crippen molar-refractivity contribution >= 4 is 55.7 Å². The Morgan fingerprint density at radius 2 is 1.74 bits per heavy atom. The predicted octanol–water partition coefficient (Wildman–Crippen LogP) is 7.73. The summed E-state index contributed by atoms with van der Waals surface area (Å²) in [7, 11) is 0. The van der Waals surface area contributed by atoms with Crippen LogP contribution in [-0.4, -0.2) is 16.0 Å². The highest BCUT2D eigenvalue weighted by molar-refractivity contribution is 9.10. The van der Waals surface area contributed by atoms with E-state index in [0.29, 0.717) is 17.3 Å². The number of hydrogen-bond acceptors (Lipinski definition) is 4. The Kier molecular flexibility index (Phi) is 6.75. The van der Waals surface area contributed by atoms with E-state index in [2.05, 4.69) is 35.0 Å². The lowest BCUT2D eigenvalue weighted by atomic mass is 10.0. The molecule has 0 N–H and O–H groups in total. The number of halogens is 1.